The highest BCUT2D eigenvalue weighted by atomic mass is 79.9. The van der Waals surface area contributed by atoms with Gasteiger partial charge in [-0.2, -0.15) is 5.10 Å². The summed E-state index contributed by atoms with van der Waals surface area (Å²) in [6.45, 7) is 4.37. The fourth-order valence-electron chi connectivity index (χ4n) is 2.64. The predicted octanol–water partition coefficient (Wildman–Crippen LogP) is 2.58. The van der Waals surface area contributed by atoms with Gasteiger partial charge in [0.1, 0.15) is 0 Å². The molecule has 2 amide bonds. The summed E-state index contributed by atoms with van der Waals surface area (Å²) in [6.07, 6.45) is 0. The molecule has 0 unspecified atom stereocenters. The summed E-state index contributed by atoms with van der Waals surface area (Å²) in [4.78, 5) is 24.5. The maximum Gasteiger partial charge on any atom is 0.271 e. The molecule has 28 heavy (non-hydrogen) atoms. The molecular weight excluding hydrogens is 424 g/mol. The summed E-state index contributed by atoms with van der Waals surface area (Å²) in [5.41, 5.74) is 7.95. The summed E-state index contributed by atoms with van der Waals surface area (Å²) in [7, 11) is 0. The molecule has 2 aromatic carbocycles. The van der Waals surface area contributed by atoms with E-state index in [1.165, 1.54) is 0 Å². The second kappa shape index (κ2) is 9.59. The quantitative estimate of drug-likeness (QED) is 0.548. The zero-order valence-corrected chi connectivity index (χ0v) is 17.0. The number of rotatable bonds is 5. The lowest BCUT2D eigenvalue weighted by atomic mass is 10.1. The topological polar surface area (TPSA) is 83.0 Å². The third-order valence-electron chi connectivity index (χ3n) is 4.25. The Hall–Kier alpha value is -2.55. The van der Waals surface area contributed by atoms with E-state index in [-0.39, 0.29) is 11.8 Å². The Labute approximate surface area is 171 Å². The van der Waals surface area contributed by atoms with E-state index >= 15 is 0 Å². The van der Waals surface area contributed by atoms with Crippen LogP contribution in [0.5, 0.6) is 0 Å². The second-order valence-electron chi connectivity index (χ2n) is 6.27. The first-order valence-corrected chi connectivity index (χ1v) is 9.66. The number of morpholine rings is 1. The third kappa shape index (κ3) is 5.48. The van der Waals surface area contributed by atoms with Crippen molar-refractivity contribution in [2.75, 3.05) is 26.3 Å². The van der Waals surface area contributed by atoms with Crippen molar-refractivity contribution in [1.29, 1.82) is 0 Å². The fourth-order valence-corrected chi connectivity index (χ4v) is 3.04. The third-order valence-corrected chi connectivity index (χ3v) is 4.74. The number of nitrogens with zero attached hydrogens (tertiary/aromatic N) is 2. The van der Waals surface area contributed by atoms with Crippen LogP contribution in [-0.2, 0) is 4.74 Å². The number of hydrazone groups is 1. The van der Waals surface area contributed by atoms with Crippen molar-refractivity contribution in [1.82, 2.24) is 15.9 Å². The average Bonchev–Trinajstić information content (AvgIpc) is 2.72. The number of benzene rings is 2. The lowest BCUT2D eigenvalue weighted by molar-refractivity contribution is 0.0126. The van der Waals surface area contributed by atoms with Crippen LogP contribution in [0, 0.1) is 0 Å². The van der Waals surface area contributed by atoms with Gasteiger partial charge in [0.15, 0.2) is 0 Å². The molecule has 2 N–H and O–H groups in total. The molecule has 7 nitrogen and oxygen atoms in total. The molecule has 1 aliphatic heterocycles. The largest absolute Gasteiger partial charge is 0.379 e. The molecule has 1 fully saturated rings. The zero-order chi connectivity index (χ0) is 19.9. The van der Waals surface area contributed by atoms with Crippen molar-refractivity contribution < 1.29 is 14.3 Å². The molecule has 0 saturated carbocycles. The zero-order valence-electron chi connectivity index (χ0n) is 15.4. The monoisotopic (exact) mass is 444 g/mol. The Kier molecular flexibility index (Phi) is 6.91. The first kappa shape index (κ1) is 20.2. The number of hydrogen-bond donors (Lipinski definition) is 2. The summed E-state index contributed by atoms with van der Waals surface area (Å²) in [5, 5.41) is 6.00. The van der Waals surface area contributed by atoms with Crippen LogP contribution in [-0.4, -0.2) is 48.8 Å². The highest BCUT2D eigenvalue weighted by molar-refractivity contribution is 9.10. The van der Waals surface area contributed by atoms with Crippen molar-refractivity contribution in [3.05, 3.63) is 69.7 Å². The van der Waals surface area contributed by atoms with Crippen LogP contribution in [0.2, 0.25) is 0 Å². The van der Waals surface area contributed by atoms with Gasteiger partial charge in [0.25, 0.3) is 11.8 Å². The van der Waals surface area contributed by atoms with E-state index < -0.39 is 0 Å². The minimum absolute atomic E-state index is 0.161. The molecule has 0 bridgehead atoms. The Morgan fingerprint density at radius 2 is 1.68 bits per heavy atom. The van der Waals surface area contributed by atoms with Gasteiger partial charge in [-0.1, -0.05) is 34.1 Å². The van der Waals surface area contributed by atoms with E-state index in [1.54, 1.807) is 49.4 Å². The molecule has 0 spiro atoms. The Morgan fingerprint density at radius 3 is 2.36 bits per heavy atom. The van der Waals surface area contributed by atoms with Crippen LogP contribution in [0.25, 0.3) is 0 Å². The number of ether oxygens (including phenoxy) is 1. The highest BCUT2D eigenvalue weighted by Crippen LogP contribution is 2.11. The van der Waals surface area contributed by atoms with Gasteiger partial charge in [-0.3, -0.25) is 15.0 Å². The summed E-state index contributed by atoms with van der Waals surface area (Å²) >= 11 is 3.34. The molecular formula is C20H21BrN4O3. The number of hydrazine groups is 1. The van der Waals surface area contributed by atoms with E-state index in [2.05, 4.69) is 31.9 Å². The normalized spacial score (nSPS) is 15.1. The molecule has 1 saturated heterocycles. The van der Waals surface area contributed by atoms with Crippen LogP contribution in [0.3, 0.4) is 0 Å². The molecule has 1 heterocycles. The number of carbonyl (C=O) groups excluding carboxylic acids is 2. The van der Waals surface area contributed by atoms with Crippen LogP contribution < -0.4 is 10.9 Å². The van der Waals surface area contributed by atoms with Gasteiger partial charge < -0.3 is 4.74 Å². The van der Waals surface area contributed by atoms with Gasteiger partial charge in [0, 0.05) is 28.7 Å². The van der Waals surface area contributed by atoms with E-state index in [9.17, 15) is 9.59 Å². The lowest BCUT2D eigenvalue weighted by Crippen LogP contribution is -2.48. The first-order chi connectivity index (χ1) is 13.5. The van der Waals surface area contributed by atoms with Gasteiger partial charge in [0.2, 0.25) is 0 Å². The molecule has 0 atom stereocenters. The smallest absolute Gasteiger partial charge is 0.271 e. The number of nitrogens with one attached hydrogen (secondary N) is 2. The molecule has 0 aliphatic carbocycles. The minimum atomic E-state index is -0.290. The van der Waals surface area contributed by atoms with Crippen molar-refractivity contribution in [3.8, 4) is 0 Å². The van der Waals surface area contributed by atoms with E-state index in [0.717, 1.165) is 10.0 Å². The number of hydrogen-bond acceptors (Lipinski definition) is 5. The van der Waals surface area contributed by atoms with Gasteiger partial charge in [-0.05, 0) is 42.8 Å². The van der Waals surface area contributed by atoms with Crippen LogP contribution in [0.1, 0.15) is 33.2 Å². The standard InChI is InChI=1S/C20H21BrN4O3/c1-14(22-23-19(26)17-3-2-4-18(21)13-17)15-5-7-16(8-6-15)20(27)24-25-9-11-28-12-10-25/h2-8,13H,9-12H2,1H3,(H,23,26)(H,24,27)/b22-14+. The number of carbonyl (C=O) groups is 2. The van der Waals surface area contributed by atoms with E-state index in [4.69, 9.17) is 4.74 Å². The number of amides is 2. The molecule has 8 heteroatoms. The molecule has 3 rings (SSSR count). The summed E-state index contributed by atoms with van der Waals surface area (Å²) < 4.78 is 6.09. The van der Waals surface area contributed by atoms with Crippen LogP contribution >= 0.6 is 15.9 Å². The summed E-state index contributed by atoms with van der Waals surface area (Å²) in [6, 6.07) is 14.2. The molecule has 0 aromatic heterocycles. The van der Waals surface area contributed by atoms with Gasteiger partial charge in [-0.15, -0.1) is 0 Å². The predicted molar refractivity (Wildman–Crippen MR) is 110 cm³/mol. The highest BCUT2D eigenvalue weighted by Gasteiger charge is 2.14. The van der Waals surface area contributed by atoms with Crippen LogP contribution in [0.15, 0.2) is 58.1 Å². The lowest BCUT2D eigenvalue weighted by Gasteiger charge is -2.26. The second-order valence-corrected chi connectivity index (χ2v) is 7.18. The first-order valence-electron chi connectivity index (χ1n) is 8.87. The van der Waals surface area contributed by atoms with Crippen molar-refractivity contribution >= 4 is 33.5 Å². The molecule has 1 aliphatic rings. The van der Waals surface area contributed by atoms with Gasteiger partial charge >= 0.3 is 0 Å². The molecule has 0 radical (unpaired) electrons. The Balaban J connectivity index is 1.59. The Bertz CT molecular complexity index is 877. The summed E-state index contributed by atoms with van der Waals surface area (Å²) in [5.74, 6) is -0.451. The van der Waals surface area contributed by atoms with E-state index in [0.29, 0.717) is 43.1 Å². The SMILES string of the molecule is C/C(=N\NC(=O)c1cccc(Br)c1)c1ccc(C(=O)NN2CCOCC2)cc1. The fraction of sp³-hybridized carbons (Fsp3) is 0.250. The van der Waals surface area contributed by atoms with Crippen molar-refractivity contribution in [2.24, 2.45) is 5.10 Å². The average molecular weight is 445 g/mol. The van der Waals surface area contributed by atoms with Gasteiger partial charge in [-0.25, -0.2) is 10.4 Å². The van der Waals surface area contributed by atoms with Gasteiger partial charge in [0.05, 0.1) is 18.9 Å². The van der Waals surface area contributed by atoms with Crippen molar-refractivity contribution in [2.45, 2.75) is 6.92 Å². The molecule has 2 aromatic rings. The van der Waals surface area contributed by atoms with Crippen LogP contribution in [0.4, 0.5) is 0 Å². The van der Waals surface area contributed by atoms with E-state index in [1.807, 2.05) is 11.1 Å². The van der Waals surface area contributed by atoms with Crippen molar-refractivity contribution in [3.63, 3.8) is 0 Å². The minimum Gasteiger partial charge on any atom is -0.379 e. The molecule has 146 valence electrons. The Morgan fingerprint density at radius 1 is 1.00 bits per heavy atom. The number of halogens is 1. The maximum absolute atomic E-state index is 12.3. The maximum atomic E-state index is 12.3.